The molecule has 4 heteroatoms. The molecule has 0 saturated heterocycles. The van der Waals surface area contributed by atoms with Crippen molar-refractivity contribution in [3.05, 3.63) is 0 Å². The minimum absolute atomic E-state index is 0.374. The van der Waals surface area contributed by atoms with Gasteiger partial charge in [-0.25, -0.2) is 0 Å². The third kappa shape index (κ3) is 2.52. The van der Waals surface area contributed by atoms with Crippen LogP contribution in [0.2, 0.25) is 0 Å². The lowest BCUT2D eigenvalue weighted by Crippen LogP contribution is -2.56. The molecule has 0 aromatic carbocycles. The number of carbonyl (C=O) groups is 2. The highest BCUT2D eigenvalue weighted by atomic mass is 16.4. The SMILES string of the molecule is CCCCC(C)(C(=O)O)C(C)(C(=O)O)C(C)(C)C. The largest absolute Gasteiger partial charge is 0.481 e. The van der Waals surface area contributed by atoms with Crippen molar-refractivity contribution in [2.24, 2.45) is 16.2 Å². The van der Waals surface area contributed by atoms with E-state index in [1.54, 1.807) is 34.6 Å². The van der Waals surface area contributed by atoms with Crippen molar-refractivity contribution in [3.63, 3.8) is 0 Å². The molecule has 0 saturated carbocycles. The Balaban J connectivity index is 5.82. The summed E-state index contributed by atoms with van der Waals surface area (Å²) in [5.41, 5.74) is -3.23. The van der Waals surface area contributed by atoms with Crippen molar-refractivity contribution in [1.29, 1.82) is 0 Å². The number of carboxylic acid groups (broad SMARTS) is 2. The molecule has 2 atom stereocenters. The molecule has 2 unspecified atom stereocenters. The van der Waals surface area contributed by atoms with Gasteiger partial charge in [0.15, 0.2) is 0 Å². The third-order valence-corrected chi connectivity index (χ3v) is 4.53. The van der Waals surface area contributed by atoms with E-state index < -0.39 is 28.2 Å². The highest BCUT2D eigenvalue weighted by Crippen LogP contribution is 2.54. The maximum absolute atomic E-state index is 11.7. The predicted molar refractivity (Wildman–Crippen MR) is 70.5 cm³/mol. The minimum atomic E-state index is -1.32. The molecule has 0 aliphatic heterocycles. The molecule has 0 aliphatic rings. The number of hydrogen-bond acceptors (Lipinski definition) is 2. The zero-order chi connectivity index (χ0) is 14.8. The second-order valence-corrected chi connectivity index (χ2v) is 6.42. The van der Waals surface area contributed by atoms with Gasteiger partial charge in [-0.2, -0.15) is 0 Å². The molecule has 0 aliphatic carbocycles. The van der Waals surface area contributed by atoms with Crippen LogP contribution in [0.3, 0.4) is 0 Å². The van der Waals surface area contributed by atoms with Gasteiger partial charge in [-0.1, -0.05) is 40.5 Å². The van der Waals surface area contributed by atoms with Gasteiger partial charge in [0.05, 0.1) is 10.8 Å². The van der Waals surface area contributed by atoms with Gasteiger partial charge in [0.1, 0.15) is 0 Å². The van der Waals surface area contributed by atoms with E-state index in [4.69, 9.17) is 0 Å². The average Bonchev–Trinajstić information content (AvgIpc) is 2.22. The quantitative estimate of drug-likeness (QED) is 0.765. The molecule has 4 nitrogen and oxygen atoms in total. The summed E-state index contributed by atoms with van der Waals surface area (Å²) in [6.45, 7) is 10.4. The Morgan fingerprint density at radius 1 is 0.944 bits per heavy atom. The molecule has 0 aromatic rings. The summed E-state index contributed by atoms with van der Waals surface area (Å²) < 4.78 is 0. The third-order valence-electron chi connectivity index (χ3n) is 4.53. The van der Waals surface area contributed by atoms with E-state index in [0.29, 0.717) is 12.8 Å². The predicted octanol–water partition coefficient (Wildman–Crippen LogP) is 3.40. The summed E-state index contributed by atoms with van der Waals surface area (Å²) >= 11 is 0. The van der Waals surface area contributed by atoms with Crippen LogP contribution in [-0.2, 0) is 9.59 Å². The summed E-state index contributed by atoms with van der Waals surface area (Å²) in [5.74, 6) is -2.08. The van der Waals surface area contributed by atoms with Crippen LogP contribution in [0.5, 0.6) is 0 Å². The van der Waals surface area contributed by atoms with E-state index in [-0.39, 0.29) is 0 Å². The molecule has 0 radical (unpaired) electrons. The molecule has 0 aromatic heterocycles. The van der Waals surface area contributed by atoms with Gasteiger partial charge in [0.2, 0.25) is 0 Å². The lowest BCUT2D eigenvalue weighted by molar-refractivity contribution is -0.183. The van der Waals surface area contributed by atoms with Crippen LogP contribution in [0.4, 0.5) is 0 Å². The minimum Gasteiger partial charge on any atom is -0.481 e. The van der Waals surface area contributed by atoms with Crippen LogP contribution in [0.15, 0.2) is 0 Å². The van der Waals surface area contributed by atoms with Crippen LogP contribution in [0, 0.1) is 16.2 Å². The summed E-state index contributed by atoms with van der Waals surface area (Å²) in [5, 5.41) is 19.1. The molecule has 2 N–H and O–H groups in total. The number of hydrogen-bond donors (Lipinski definition) is 2. The normalized spacial score (nSPS) is 18.8. The first kappa shape index (κ1) is 16.9. The number of carboxylic acids is 2. The second kappa shape index (κ2) is 5.29. The molecule has 0 amide bonds. The second-order valence-electron chi connectivity index (χ2n) is 6.42. The maximum atomic E-state index is 11.7. The van der Waals surface area contributed by atoms with Crippen molar-refractivity contribution in [2.75, 3.05) is 0 Å². The molecule has 0 bridgehead atoms. The maximum Gasteiger partial charge on any atom is 0.311 e. The van der Waals surface area contributed by atoms with Crippen LogP contribution < -0.4 is 0 Å². The van der Waals surface area contributed by atoms with Crippen LogP contribution in [0.1, 0.15) is 60.8 Å². The van der Waals surface area contributed by atoms with Gasteiger partial charge in [0, 0.05) is 0 Å². The Morgan fingerprint density at radius 2 is 1.39 bits per heavy atom. The number of aliphatic carboxylic acids is 2. The van der Waals surface area contributed by atoms with Crippen molar-refractivity contribution < 1.29 is 19.8 Å². The highest BCUT2D eigenvalue weighted by Gasteiger charge is 2.60. The number of unbranched alkanes of at least 4 members (excludes halogenated alkanes) is 1. The molecule has 18 heavy (non-hydrogen) atoms. The van der Waals surface area contributed by atoms with Gasteiger partial charge in [0.25, 0.3) is 0 Å². The van der Waals surface area contributed by atoms with Crippen molar-refractivity contribution in [1.82, 2.24) is 0 Å². The Bertz CT molecular complexity index is 329. The smallest absolute Gasteiger partial charge is 0.311 e. The Labute approximate surface area is 109 Å². The van der Waals surface area contributed by atoms with Crippen molar-refractivity contribution in [3.8, 4) is 0 Å². The molecule has 0 rings (SSSR count). The Kier molecular flexibility index (Phi) is 4.98. The fourth-order valence-electron chi connectivity index (χ4n) is 2.49. The topological polar surface area (TPSA) is 74.6 Å². The summed E-state index contributed by atoms with van der Waals surface area (Å²) in [4.78, 5) is 23.4. The highest BCUT2D eigenvalue weighted by molar-refractivity contribution is 5.86. The fourth-order valence-corrected chi connectivity index (χ4v) is 2.49. The summed E-state index contributed by atoms with van der Waals surface area (Å²) in [6.07, 6.45) is 1.93. The zero-order valence-corrected chi connectivity index (χ0v) is 12.3. The first-order valence-corrected chi connectivity index (χ1v) is 6.42. The van der Waals surface area contributed by atoms with E-state index in [1.807, 2.05) is 6.92 Å². The molecular formula is C14H26O4. The summed E-state index contributed by atoms with van der Waals surface area (Å²) in [6, 6.07) is 0. The van der Waals surface area contributed by atoms with Crippen LogP contribution in [0.25, 0.3) is 0 Å². The standard InChI is InChI=1S/C14H26O4/c1-7-8-9-13(5,10(15)16)14(6,11(17)18)12(2,3)4/h7-9H2,1-6H3,(H,15,16)(H,17,18). The summed E-state index contributed by atoms with van der Waals surface area (Å²) in [7, 11) is 0. The molecule has 0 heterocycles. The van der Waals surface area contributed by atoms with E-state index in [0.717, 1.165) is 6.42 Å². The Hall–Kier alpha value is -1.06. The van der Waals surface area contributed by atoms with Crippen LogP contribution >= 0.6 is 0 Å². The van der Waals surface area contributed by atoms with Crippen molar-refractivity contribution >= 4 is 11.9 Å². The first-order valence-electron chi connectivity index (χ1n) is 6.42. The molecule has 0 spiro atoms. The fraction of sp³-hybridized carbons (Fsp3) is 0.857. The average molecular weight is 258 g/mol. The van der Waals surface area contributed by atoms with E-state index in [1.165, 1.54) is 0 Å². The lowest BCUT2D eigenvalue weighted by Gasteiger charge is -2.48. The number of rotatable bonds is 6. The first-order chi connectivity index (χ1) is 7.95. The van der Waals surface area contributed by atoms with Crippen molar-refractivity contribution in [2.45, 2.75) is 60.8 Å². The molecule has 0 fully saturated rings. The van der Waals surface area contributed by atoms with E-state index in [9.17, 15) is 19.8 Å². The van der Waals surface area contributed by atoms with E-state index >= 15 is 0 Å². The molecular weight excluding hydrogens is 232 g/mol. The van der Waals surface area contributed by atoms with Gasteiger partial charge >= 0.3 is 11.9 Å². The van der Waals surface area contributed by atoms with Gasteiger partial charge in [-0.3, -0.25) is 9.59 Å². The zero-order valence-electron chi connectivity index (χ0n) is 12.3. The van der Waals surface area contributed by atoms with Gasteiger partial charge < -0.3 is 10.2 Å². The van der Waals surface area contributed by atoms with E-state index in [2.05, 4.69) is 0 Å². The van der Waals surface area contributed by atoms with Crippen LogP contribution in [-0.4, -0.2) is 22.2 Å². The lowest BCUT2D eigenvalue weighted by atomic mass is 9.52. The van der Waals surface area contributed by atoms with Gasteiger partial charge in [-0.05, 0) is 25.7 Å². The van der Waals surface area contributed by atoms with Gasteiger partial charge in [-0.15, -0.1) is 0 Å². The molecule has 106 valence electrons. The monoisotopic (exact) mass is 258 g/mol. The Morgan fingerprint density at radius 3 is 1.61 bits per heavy atom.